The van der Waals surface area contributed by atoms with Crippen LogP contribution in [0.4, 0.5) is 0 Å². The molecule has 4 fully saturated rings. The van der Waals surface area contributed by atoms with Crippen molar-refractivity contribution in [1.29, 1.82) is 0 Å². The average molecular weight is 337 g/mol. The van der Waals surface area contributed by atoms with Crippen LogP contribution < -0.4 is 0 Å². The number of hydrogen-bond acceptors (Lipinski definition) is 5. The van der Waals surface area contributed by atoms with E-state index >= 15 is 0 Å². The van der Waals surface area contributed by atoms with Crippen molar-refractivity contribution >= 4 is 5.78 Å². The van der Waals surface area contributed by atoms with Crippen LogP contribution in [0.3, 0.4) is 0 Å². The second-order valence-corrected chi connectivity index (χ2v) is 8.38. The molecule has 3 aliphatic carbocycles. The van der Waals surface area contributed by atoms with Crippen LogP contribution in [0.25, 0.3) is 0 Å². The van der Waals surface area contributed by atoms with Crippen molar-refractivity contribution in [2.45, 2.75) is 56.5 Å². The highest BCUT2D eigenvalue weighted by molar-refractivity contribution is 5.88. The molecule has 1 saturated heterocycles. The van der Waals surface area contributed by atoms with Crippen LogP contribution >= 0.6 is 0 Å². The molecule has 4 aliphatic rings. The maximum absolute atomic E-state index is 13.3. The summed E-state index contributed by atoms with van der Waals surface area (Å²) >= 11 is 0. The lowest BCUT2D eigenvalue weighted by molar-refractivity contribution is -0.226. The fourth-order valence-corrected chi connectivity index (χ4v) is 6.70. The Morgan fingerprint density at radius 3 is 2.42 bits per heavy atom. The SMILES string of the molecule is COC1C(O)C2C3CCCCC3C(=O)C3C2C(CCN3C)C1OC. The highest BCUT2D eigenvalue weighted by Gasteiger charge is 2.63. The van der Waals surface area contributed by atoms with E-state index in [-0.39, 0.29) is 36.0 Å². The minimum absolute atomic E-state index is 0.0433. The molecule has 9 atom stereocenters. The molecule has 0 aromatic heterocycles. The molecule has 5 nitrogen and oxygen atoms in total. The van der Waals surface area contributed by atoms with Gasteiger partial charge in [-0.2, -0.15) is 0 Å². The number of piperidine rings is 1. The third kappa shape index (κ3) is 2.24. The number of likely N-dealkylation sites (N-methyl/N-ethyl adjacent to an activating group) is 1. The van der Waals surface area contributed by atoms with Gasteiger partial charge in [-0.25, -0.2) is 0 Å². The Balaban J connectivity index is 1.78. The van der Waals surface area contributed by atoms with E-state index in [1.807, 2.05) is 0 Å². The number of fused-ring (bicyclic) bond motifs is 2. The summed E-state index contributed by atoms with van der Waals surface area (Å²) in [6.07, 6.45) is 4.50. The number of nitrogens with zero attached hydrogens (tertiary/aromatic N) is 1. The molecule has 0 aromatic rings. The Morgan fingerprint density at radius 1 is 1.00 bits per heavy atom. The van der Waals surface area contributed by atoms with Gasteiger partial charge in [-0.05, 0) is 56.5 Å². The largest absolute Gasteiger partial charge is 0.390 e. The van der Waals surface area contributed by atoms with E-state index in [0.717, 1.165) is 32.2 Å². The number of carbonyl (C=O) groups is 1. The normalized spacial score (nSPS) is 51.8. The zero-order chi connectivity index (χ0) is 17.0. The lowest BCUT2D eigenvalue weighted by Gasteiger charge is -2.61. The molecule has 0 aromatic carbocycles. The van der Waals surface area contributed by atoms with Crippen molar-refractivity contribution in [2.75, 3.05) is 27.8 Å². The first-order valence-corrected chi connectivity index (χ1v) is 9.57. The summed E-state index contributed by atoms with van der Waals surface area (Å²) in [4.78, 5) is 15.5. The van der Waals surface area contributed by atoms with Crippen molar-refractivity contribution < 1.29 is 19.4 Å². The molecule has 0 bridgehead atoms. The van der Waals surface area contributed by atoms with Gasteiger partial charge in [0.1, 0.15) is 6.10 Å². The number of aliphatic hydroxyl groups is 1. The summed E-state index contributed by atoms with van der Waals surface area (Å²) in [6, 6.07) is -0.0433. The fraction of sp³-hybridized carbons (Fsp3) is 0.947. The maximum atomic E-state index is 13.3. The van der Waals surface area contributed by atoms with E-state index in [9.17, 15) is 9.90 Å². The van der Waals surface area contributed by atoms with Crippen molar-refractivity contribution in [3.63, 3.8) is 0 Å². The Bertz CT molecular complexity index is 498. The van der Waals surface area contributed by atoms with Gasteiger partial charge in [-0.3, -0.25) is 9.69 Å². The Morgan fingerprint density at radius 2 is 1.71 bits per heavy atom. The number of hydrogen-bond donors (Lipinski definition) is 1. The molecule has 4 rings (SSSR count). The first kappa shape index (κ1) is 17.0. The summed E-state index contributed by atoms with van der Waals surface area (Å²) in [6.45, 7) is 0.925. The lowest BCUT2D eigenvalue weighted by atomic mass is 9.50. The molecule has 1 N–H and O–H groups in total. The molecule has 9 unspecified atom stereocenters. The molecule has 0 spiro atoms. The van der Waals surface area contributed by atoms with Crippen LogP contribution in [0.15, 0.2) is 0 Å². The van der Waals surface area contributed by atoms with Gasteiger partial charge in [-0.15, -0.1) is 0 Å². The van der Waals surface area contributed by atoms with Crippen LogP contribution in [-0.2, 0) is 14.3 Å². The minimum atomic E-state index is -0.533. The van der Waals surface area contributed by atoms with E-state index in [1.165, 1.54) is 6.42 Å². The van der Waals surface area contributed by atoms with Crippen molar-refractivity contribution in [2.24, 2.45) is 29.6 Å². The van der Waals surface area contributed by atoms with E-state index in [1.54, 1.807) is 14.2 Å². The summed E-state index contributed by atoms with van der Waals surface area (Å²) < 4.78 is 11.5. The number of methoxy groups -OCH3 is 2. The highest BCUT2D eigenvalue weighted by atomic mass is 16.5. The van der Waals surface area contributed by atoms with Gasteiger partial charge in [-0.1, -0.05) is 12.8 Å². The standard InChI is InChI=1S/C19H31NO4/c1-20-9-8-12-13-14(17(22)19(24-3)18(12)23-2)10-6-4-5-7-11(10)16(21)15(13)20/h10-15,17-19,22H,4-9H2,1-3H3. The van der Waals surface area contributed by atoms with Gasteiger partial charge in [0.2, 0.25) is 0 Å². The van der Waals surface area contributed by atoms with E-state index in [0.29, 0.717) is 17.6 Å². The van der Waals surface area contributed by atoms with Crippen LogP contribution in [0.5, 0.6) is 0 Å². The smallest absolute Gasteiger partial charge is 0.153 e. The summed E-state index contributed by atoms with van der Waals surface area (Å²) in [5.41, 5.74) is 0. The molecule has 0 amide bonds. The van der Waals surface area contributed by atoms with E-state index < -0.39 is 6.10 Å². The Kier molecular flexibility index (Phi) is 4.48. The highest BCUT2D eigenvalue weighted by Crippen LogP contribution is 2.55. The molecule has 1 aliphatic heterocycles. The van der Waals surface area contributed by atoms with Crippen molar-refractivity contribution in [1.82, 2.24) is 4.90 Å². The Hall–Kier alpha value is -0.490. The number of aliphatic hydroxyl groups excluding tert-OH is 1. The van der Waals surface area contributed by atoms with Gasteiger partial charge < -0.3 is 14.6 Å². The monoisotopic (exact) mass is 337 g/mol. The number of likely N-dealkylation sites (tertiary alicyclic amines) is 1. The average Bonchev–Trinajstić information content (AvgIpc) is 2.60. The number of ketones is 1. The number of Topliss-reactive ketones (excluding diaryl/α,β-unsaturated/α-hetero) is 1. The molecule has 24 heavy (non-hydrogen) atoms. The second-order valence-electron chi connectivity index (χ2n) is 8.38. The van der Waals surface area contributed by atoms with Crippen molar-refractivity contribution in [3.05, 3.63) is 0 Å². The van der Waals surface area contributed by atoms with E-state index in [2.05, 4.69) is 11.9 Å². The lowest BCUT2D eigenvalue weighted by Crippen LogP contribution is -2.71. The summed E-state index contributed by atoms with van der Waals surface area (Å²) in [5.74, 6) is 1.58. The minimum Gasteiger partial charge on any atom is -0.390 e. The molecule has 3 saturated carbocycles. The maximum Gasteiger partial charge on any atom is 0.153 e. The van der Waals surface area contributed by atoms with Crippen molar-refractivity contribution in [3.8, 4) is 0 Å². The molecule has 136 valence electrons. The fourth-order valence-electron chi connectivity index (χ4n) is 6.70. The zero-order valence-electron chi connectivity index (χ0n) is 15.1. The van der Waals surface area contributed by atoms with Gasteiger partial charge in [0.05, 0.1) is 18.2 Å². The summed E-state index contributed by atoms with van der Waals surface area (Å²) in [5, 5.41) is 11.2. The van der Waals surface area contributed by atoms with Crippen LogP contribution in [0.2, 0.25) is 0 Å². The third-order valence-corrected chi connectivity index (χ3v) is 7.59. The topological polar surface area (TPSA) is 59.0 Å². The number of ether oxygens (including phenoxy) is 2. The quantitative estimate of drug-likeness (QED) is 0.824. The van der Waals surface area contributed by atoms with Gasteiger partial charge in [0, 0.05) is 20.1 Å². The zero-order valence-corrected chi connectivity index (χ0v) is 15.1. The molecule has 1 heterocycles. The molecule has 0 radical (unpaired) electrons. The first-order chi connectivity index (χ1) is 11.6. The molecule has 5 heteroatoms. The van der Waals surface area contributed by atoms with Crippen LogP contribution in [0, 0.1) is 29.6 Å². The predicted octanol–water partition coefficient (Wildman–Crippen LogP) is 1.33. The molecular formula is C19H31NO4. The number of rotatable bonds is 2. The van der Waals surface area contributed by atoms with Crippen LogP contribution in [-0.4, -0.2) is 68.0 Å². The summed E-state index contributed by atoms with van der Waals surface area (Å²) in [7, 11) is 5.47. The Labute approximate surface area is 144 Å². The van der Waals surface area contributed by atoms with E-state index in [4.69, 9.17) is 9.47 Å². The van der Waals surface area contributed by atoms with Gasteiger partial charge in [0.15, 0.2) is 5.78 Å². The number of carbonyl (C=O) groups excluding carboxylic acids is 1. The van der Waals surface area contributed by atoms with Gasteiger partial charge >= 0.3 is 0 Å². The second kappa shape index (κ2) is 6.35. The molecular weight excluding hydrogens is 306 g/mol. The first-order valence-electron chi connectivity index (χ1n) is 9.57. The predicted molar refractivity (Wildman–Crippen MR) is 89.6 cm³/mol. The van der Waals surface area contributed by atoms with Gasteiger partial charge in [0.25, 0.3) is 0 Å². The van der Waals surface area contributed by atoms with Crippen LogP contribution in [0.1, 0.15) is 32.1 Å². The third-order valence-electron chi connectivity index (χ3n) is 7.59.